The van der Waals surface area contributed by atoms with Crippen LogP contribution in [0.2, 0.25) is 0 Å². The van der Waals surface area contributed by atoms with E-state index in [-0.39, 0.29) is 12.6 Å². The summed E-state index contributed by atoms with van der Waals surface area (Å²) in [6, 6.07) is 3.02. The van der Waals surface area contributed by atoms with Gasteiger partial charge in [0.05, 0.1) is 12.6 Å². The van der Waals surface area contributed by atoms with Crippen LogP contribution in [0, 0.1) is 0 Å². The van der Waals surface area contributed by atoms with Crippen LogP contribution in [0.1, 0.15) is 32.1 Å². The summed E-state index contributed by atoms with van der Waals surface area (Å²) in [5, 5.41) is 9.53. The first kappa shape index (κ1) is 15.1. The predicted molar refractivity (Wildman–Crippen MR) is 90.9 cm³/mol. The van der Waals surface area contributed by atoms with Crippen LogP contribution >= 0.6 is 0 Å². The van der Waals surface area contributed by atoms with Crippen molar-refractivity contribution in [3.63, 3.8) is 0 Å². The lowest BCUT2D eigenvalue weighted by Crippen LogP contribution is -2.35. The van der Waals surface area contributed by atoms with E-state index in [2.05, 4.69) is 30.7 Å². The van der Waals surface area contributed by atoms with Crippen molar-refractivity contribution in [3.05, 3.63) is 12.4 Å². The first-order valence-electron chi connectivity index (χ1n) is 9.03. The minimum absolute atomic E-state index is 0.208. The molecule has 0 spiro atoms. The van der Waals surface area contributed by atoms with Crippen molar-refractivity contribution in [2.45, 2.75) is 44.2 Å². The van der Waals surface area contributed by atoms with Gasteiger partial charge in [0.1, 0.15) is 18.0 Å². The molecule has 0 bridgehead atoms. The molecule has 4 heterocycles. The summed E-state index contributed by atoms with van der Waals surface area (Å²) < 4.78 is 0. The van der Waals surface area contributed by atoms with Crippen molar-refractivity contribution in [2.24, 2.45) is 0 Å². The molecule has 1 aromatic heterocycles. The van der Waals surface area contributed by atoms with Crippen LogP contribution in [0.5, 0.6) is 0 Å². The Kier molecular flexibility index (Phi) is 4.35. The fourth-order valence-electron chi connectivity index (χ4n) is 4.35. The van der Waals surface area contributed by atoms with Crippen LogP contribution in [0.15, 0.2) is 12.4 Å². The summed E-state index contributed by atoms with van der Waals surface area (Å²) in [6.45, 7) is 5.89. The lowest BCUT2D eigenvalue weighted by molar-refractivity contribution is 0.260. The highest BCUT2D eigenvalue weighted by atomic mass is 16.3. The number of anilines is 2. The van der Waals surface area contributed by atoms with Gasteiger partial charge in [0.15, 0.2) is 0 Å². The van der Waals surface area contributed by atoms with Crippen molar-refractivity contribution in [2.75, 3.05) is 49.1 Å². The topological polar surface area (TPSA) is 55.7 Å². The molecule has 1 N–H and O–H groups in total. The van der Waals surface area contributed by atoms with Gasteiger partial charge in [-0.05, 0) is 45.2 Å². The van der Waals surface area contributed by atoms with Crippen LogP contribution < -0.4 is 9.80 Å². The highest BCUT2D eigenvalue weighted by Gasteiger charge is 2.31. The van der Waals surface area contributed by atoms with E-state index >= 15 is 0 Å². The summed E-state index contributed by atoms with van der Waals surface area (Å²) in [5.74, 6) is 2.01. The van der Waals surface area contributed by atoms with Crippen LogP contribution in [-0.4, -0.2) is 71.4 Å². The Balaban J connectivity index is 1.46. The molecule has 23 heavy (non-hydrogen) atoms. The molecule has 2 atom stereocenters. The molecule has 3 saturated heterocycles. The Hall–Kier alpha value is -1.40. The third-order valence-corrected chi connectivity index (χ3v) is 5.66. The van der Waals surface area contributed by atoms with Gasteiger partial charge in [-0.25, -0.2) is 9.97 Å². The van der Waals surface area contributed by atoms with Crippen molar-refractivity contribution in [1.29, 1.82) is 0 Å². The summed E-state index contributed by atoms with van der Waals surface area (Å²) >= 11 is 0. The van der Waals surface area contributed by atoms with E-state index in [1.807, 2.05) is 0 Å². The number of hydrogen-bond donors (Lipinski definition) is 1. The van der Waals surface area contributed by atoms with Crippen LogP contribution in [0.25, 0.3) is 0 Å². The van der Waals surface area contributed by atoms with E-state index in [0.29, 0.717) is 6.04 Å². The fraction of sp³-hybridized carbons (Fsp3) is 0.765. The lowest BCUT2D eigenvalue weighted by atomic mass is 10.2. The third kappa shape index (κ3) is 3.02. The zero-order valence-corrected chi connectivity index (χ0v) is 13.8. The molecule has 0 unspecified atom stereocenters. The van der Waals surface area contributed by atoms with Crippen molar-refractivity contribution >= 4 is 11.6 Å². The van der Waals surface area contributed by atoms with Gasteiger partial charge in [-0.3, -0.25) is 4.90 Å². The third-order valence-electron chi connectivity index (χ3n) is 5.66. The normalized spacial score (nSPS) is 28.9. The molecule has 3 aliphatic heterocycles. The summed E-state index contributed by atoms with van der Waals surface area (Å²) in [6.07, 6.45) is 7.81. The first-order chi connectivity index (χ1) is 11.3. The second-order valence-electron chi connectivity index (χ2n) is 7.04. The van der Waals surface area contributed by atoms with Gasteiger partial charge >= 0.3 is 0 Å². The molecule has 0 radical (unpaired) electrons. The maximum atomic E-state index is 9.53. The molecule has 6 nitrogen and oxygen atoms in total. The number of rotatable bonds is 4. The molecule has 4 rings (SSSR count). The Bertz CT molecular complexity index is 533. The van der Waals surface area contributed by atoms with Crippen LogP contribution in [0.4, 0.5) is 11.6 Å². The van der Waals surface area contributed by atoms with Gasteiger partial charge in [-0.1, -0.05) is 0 Å². The molecule has 3 fully saturated rings. The lowest BCUT2D eigenvalue weighted by Gasteiger charge is -2.26. The Labute approximate surface area is 138 Å². The number of aromatic nitrogens is 2. The minimum Gasteiger partial charge on any atom is -0.394 e. The molecule has 0 amide bonds. The van der Waals surface area contributed by atoms with Crippen LogP contribution in [0.3, 0.4) is 0 Å². The minimum atomic E-state index is 0.208. The number of aliphatic hydroxyl groups excluding tert-OH is 1. The molecule has 3 aliphatic rings. The highest BCUT2D eigenvalue weighted by molar-refractivity contribution is 5.52. The Morgan fingerprint density at radius 1 is 1.00 bits per heavy atom. The van der Waals surface area contributed by atoms with E-state index in [0.717, 1.165) is 44.1 Å². The molecule has 0 saturated carbocycles. The maximum absolute atomic E-state index is 9.53. The Morgan fingerprint density at radius 2 is 1.83 bits per heavy atom. The molecular weight excluding hydrogens is 290 g/mol. The average molecular weight is 317 g/mol. The summed E-state index contributed by atoms with van der Waals surface area (Å²) in [4.78, 5) is 16.2. The fourth-order valence-corrected chi connectivity index (χ4v) is 4.35. The molecular formula is C17H27N5O. The van der Waals surface area contributed by atoms with Crippen molar-refractivity contribution < 1.29 is 5.11 Å². The smallest absolute Gasteiger partial charge is 0.134 e. The monoisotopic (exact) mass is 317 g/mol. The number of nitrogens with zero attached hydrogens (tertiary/aromatic N) is 5. The van der Waals surface area contributed by atoms with Gasteiger partial charge in [-0.2, -0.15) is 0 Å². The standard InChI is InChI=1S/C17H27N5O/c23-12-15-4-3-8-22(15)17-10-16(18-13-19-17)21-9-5-14(11-21)20-6-1-2-7-20/h10,13-15,23H,1-9,11-12H2/t14-,15+/m0/s1. The van der Waals surface area contributed by atoms with Gasteiger partial charge in [0.2, 0.25) is 0 Å². The van der Waals surface area contributed by atoms with E-state index in [1.165, 1.54) is 32.4 Å². The zero-order chi connectivity index (χ0) is 15.6. The molecule has 1 aromatic rings. The molecule has 0 aliphatic carbocycles. The first-order valence-corrected chi connectivity index (χ1v) is 9.03. The van der Waals surface area contributed by atoms with Gasteiger partial charge in [-0.15, -0.1) is 0 Å². The van der Waals surface area contributed by atoms with E-state index in [4.69, 9.17) is 0 Å². The quantitative estimate of drug-likeness (QED) is 0.898. The molecule has 6 heteroatoms. The second kappa shape index (κ2) is 6.61. The number of likely N-dealkylation sites (tertiary alicyclic amines) is 1. The van der Waals surface area contributed by atoms with Gasteiger partial charge in [0.25, 0.3) is 0 Å². The predicted octanol–water partition coefficient (Wildman–Crippen LogP) is 1.11. The maximum Gasteiger partial charge on any atom is 0.134 e. The number of hydrogen-bond acceptors (Lipinski definition) is 6. The highest BCUT2D eigenvalue weighted by Crippen LogP contribution is 2.28. The van der Waals surface area contributed by atoms with Gasteiger partial charge < -0.3 is 14.9 Å². The van der Waals surface area contributed by atoms with Crippen LogP contribution in [-0.2, 0) is 0 Å². The van der Waals surface area contributed by atoms with E-state index < -0.39 is 0 Å². The van der Waals surface area contributed by atoms with E-state index in [1.54, 1.807) is 6.33 Å². The van der Waals surface area contributed by atoms with Crippen molar-refractivity contribution in [3.8, 4) is 0 Å². The molecule has 0 aromatic carbocycles. The average Bonchev–Trinajstić information content (AvgIpc) is 3.34. The van der Waals surface area contributed by atoms with Crippen molar-refractivity contribution in [1.82, 2.24) is 14.9 Å². The number of aliphatic hydroxyl groups is 1. The largest absolute Gasteiger partial charge is 0.394 e. The van der Waals surface area contributed by atoms with Gasteiger partial charge in [0, 0.05) is 31.7 Å². The summed E-state index contributed by atoms with van der Waals surface area (Å²) in [5.41, 5.74) is 0. The van der Waals surface area contributed by atoms with E-state index in [9.17, 15) is 5.11 Å². The second-order valence-corrected chi connectivity index (χ2v) is 7.04. The zero-order valence-electron chi connectivity index (χ0n) is 13.8. The molecule has 126 valence electrons. The SMILES string of the molecule is OC[C@H]1CCCN1c1cc(N2CC[C@H](N3CCCC3)C2)ncn1. The Morgan fingerprint density at radius 3 is 2.65 bits per heavy atom. The summed E-state index contributed by atoms with van der Waals surface area (Å²) in [7, 11) is 0.